The molecule has 0 saturated heterocycles. The maximum atomic E-state index is 11.9. The summed E-state index contributed by atoms with van der Waals surface area (Å²) in [6.07, 6.45) is 0.817. The third-order valence-electron chi connectivity index (χ3n) is 3.61. The number of halogens is 1. The molecule has 1 amide bonds. The molecule has 6 nitrogen and oxygen atoms in total. The molecule has 0 radical (unpaired) electrons. The van der Waals surface area contributed by atoms with Gasteiger partial charge in [0.15, 0.2) is 5.96 Å². The number of aliphatic imine (C=N–C) groups is 1. The number of carbonyl (C=O) groups is 1. The summed E-state index contributed by atoms with van der Waals surface area (Å²) >= 11 is 1.70. The predicted molar refractivity (Wildman–Crippen MR) is 119 cm³/mol. The molecular weight excluding hydrogens is 461 g/mol. The summed E-state index contributed by atoms with van der Waals surface area (Å²) in [5.41, 5.74) is 1.75. The number of aryl methyl sites for hydroxylation is 2. The molecule has 0 saturated carbocycles. The zero-order valence-corrected chi connectivity index (χ0v) is 18.5. The average molecular weight is 487 g/mol. The quantitative estimate of drug-likeness (QED) is 0.243. The largest absolute Gasteiger partial charge is 0.356 e. The SMILES string of the molecule is CN=C(NCCCNC(=O)c1ccccc1)NCc1sc(C)nc1C.I. The number of hydrogen-bond acceptors (Lipinski definition) is 4. The summed E-state index contributed by atoms with van der Waals surface area (Å²) in [6, 6.07) is 9.23. The fourth-order valence-electron chi connectivity index (χ4n) is 2.31. The van der Waals surface area contributed by atoms with Crippen LogP contribution in [-0.2, 0) is 6.54 Å². The van der Waals surface area contributed by atoms with Crippen molar-refractivity contribution in [3.8, 4) is 0 Å². The van der Waals surface area contributed by atoms with E-state index in [4.69, 9.17) is 0 Å². The van der Waals surface area contributed by atoms with Gasteiger partial charge in [-0.3, -0.25) is 9.79 Å². The number of nitrogens with zero attached hydrogens (tertiary/aromatic N) is 2. The van der Waals surface area contributed by atoms with E-state index in [1.807, 2.05) is 44.2 Å². The van der Waals surface area contributed by atoms with Crippen LogP contribution in [0.25, 0.3) is 0 Å². The van der Waals surface area contributed by atoms with Crippen molar-refractivity contribution >= 4 is 47.2 Å². The number of rotatable bonds is 7. The molecule has 2 aromatic rings. The van der Waals surface area contributed by atoms with Gasteiger partial charge < -0.3 is 16.0 Å². The first-order chi connectivity index (χ1) is 12.1. The van der Waals surface area contributed by atoms with E-state index in [0.29, 0.717) is 18.7 Å². The van der Waals surface area contributed by atoms with E-state index in [0.717, 1.165) is 29.6 Å². The van der Waals surface area contributed by atoms with Crippen LogP contribution in [0.2, 0.25) is 0 Å². The Hall–Kier alpha value is -1.68. The van der Waals surface area contributed by atoms with E-state index in [2.05, 4.69) is 25.9 Å². The number of carbonyl (C=O) groups excluding carboxylic acids is 1. The fourth-order valence-corrected chi connectivity index (χ4v) is 3.19. The van der Waals surface area contributed by atoms with Crippen LogP contribution in [0, 0.1) is 13.8 Å². The van der Waals surface area contributed by atoms with Gasteiger partial charge in [0.25, 0.3) is 5.91 Å². The Labute approximate surface area is 175 Å². The third-order valence-corrected chi connectivity index (χ3v) is 4.68. The highest BCUT2D eigenvalue weighted by molar-refractivity contribution is 14.0. The van der Waals surface area contributed by atoms with E-state index in [-0.39, 0.29) is 29.9 Å². The summed E-state index contributed by atoms with van der Waals surface area (Å²) < 4.78 is 0. The molecule has 142 valence electrons. The van der Waals surface area contributed by atoms with Crippen molar-refractivity contribution in [1.82, 2.24) is 20.9 Å². The summed E-state index contributed by atoms with van der Waals surface area (Å²) in [5, 5.41) is 10.5. The molecule has 0 atom stereocenters. The Morgan fingerprint density at radius 3 is 2.42 bits per heavy atom. The normalized spacial score (nSPS) is 10.8. The third kappa shape index (κ3) is 7.28. The second-order valence-corrected chi connectivity index (χ2v) is 6.86. The van der Waals surface area contributed by atoms with Crippen molar-refractivity contribution in [2.75, 3.05) is 20.1 Å². The molecule has 3 N–H and O–H groups in total. The smallest absolute Gasteiger partial charge is 0.251 e. The zero-order valence-electron chi connectivity index (χ0n) is 15.3. The molecular formula is C18H26IN5OS. The van der Waals surface area contributed by atoms with Gasteiger partial charge >= 0.3 is 0 Å². The first kappa shape index (κ1) is 22.4. The Morgan fingerprint density at radius 2 is 1.81 bits per heavy atom. The van der Waals surface area contributed by atoms with Crippen molar-refractivity contribution < 1.29 is 4.79 Å². The van der Waals surface area contributed by atoms with E-state index in [1.165, 1.54) is 4.88 Å². The van der Waals surface area contributed by atoms with Gasteiger partial charge in [-0.15, -0.1) is 35.3 Å². The lowest BCUT2D eigenvalue weighted by atomic mass is 10.2. The Kier molecular flexibility index (Phi) is 10.2. The molecule has 0 aliphatic heterocycles. The number of benzene rings is 1. The topological polar surface area (TPSA) is 78.4 Å². The van der Waals surface area contributed by atoms with E-state index < -0.39 is 0 Å². The van der Waals surface area contributed by atoms with Gasteiger partial charge in [-0.2, -0.15) is 0 Å². The number of aromatic nitrogens is 1. The number of amides is 1. The van der Waals surface area contributed by atoms with Gasteiger partial charge in [0.2, 0.25) is 0 Å². The molecule has 1 aromatic heterocycles. The summed E-state index contributed by atoms with van der Waals surface area (Å²) in [4.78, 5) is 21.8. The highest BCUT2D eigenvalue weighted by Crippen LogP contribution is 2.16. The lowest BCUT2D eigenvalue weighted by Gasteiger charge is -2.11. The van der Waals surface area contributed by atoms with Crippen LogP contribution in [-0.4, -0.2) is 37.0 Å². The molecule has 0 bridgehead atoms. The monoisotopic (exact) mass is 487 g/mol. The predicted octanol–water partition coefficient (Wildman–Crippen LogP) is 2.86. The summed E-state index contributed by atoms with van der Waals surface area (Å²) in [7, 11) is 1.75. The molecule has 8 heteroatoms. The first-order valence-corrected chi connectivity index (χ1v) is 9.12. The first-order valence-electron chi connectivity index (χ1n) is 8.31. The molecule has 0 aliphatic carbocycles. The number of thiazole rings is 1. The number of hydrogen-bond donors (Lipinski definition) is 3. The number of guanidine groups is 1. The lowest BCUT2D eigenvalue weighted by Crippen LogP contribution is -2.38. The van der Waals surface area contributed by atoms with Gasteiger partial charge in [-0.25, -0.2) is 4.98 Å². The number of nitrogens with one attached hydrogen (secondary N) is 3. The van der Waals surface area contributed by atoms with Crippen molar-refractivity contribution in [2.24, 2.45) is 4.99 Å². The maximum absolute atomic E-state index is 11.9. The highest BCUT2D eigenvalue weighted by atomic mass is 127. The van der Waals surface area contributed by atoms with Gasteiger partial charge in [0, 0.05) is 30.6 Å². The van der Waals surface area contributed by atoms with Gasteiger partial charge in [-0.05, 0) is 32.4 Å². The van der Waals surface area contributed by atoms with Gasteiger partial charge in [0.05, 0.1) is 17.2 Å². The van der Waals surface area contributed by atoms with Crippen LogP contribution >= 0.6 is 35.3 Å². The second-order valence-electron chi connectivity index (χ2n) is 5.57. The maximum Gasteiger partial charge on any atom is 0.251 e. The minimum absolute atomic E-state index is 0. The van der Waals surface area contributed by atoms with E-state index in [9.17, 15) is 4.79 Å². The fraction of sp³-hybridized carbons (Fsp3) is 0.389. The Balaban J connectivity index is 0.00000338. The second kappa shape index (κ2) is 11.8. The summed E-state index contributed by atoms with van der Waals surface area (Å²) in [5.74, 6) is 0.707. The van der Waals surface area contributed by atoms with E-state index in [1.54, 1.807) is 18.4 Å². The zero-order chi connectivity index (χ0) is 18.1. The van der Waals surface area contributed by atoms with Crippen LogP contribution in [0.1, 0.15) is 32.4 Å². The van der Waals surface area contributed by atoms with Crippen LogP contribution in [0.15, 0.2) is 35.3 Å². The molecule has 2 rings (SSSR count). The minimum Gasteiger partial charge on any atom is -0.356 e. The summed E-state index contributed by atoms with van der Waals surface area (Å²) in [6.45, 7) is 6.09. The van der Waals surface area contributed by atoms with Crippen LogP contribution < -0.4 is 16.0 Å². The van der Waals surface area contributed by atoms with Crippen molar-refractivity contribution in [1.29, 1.82) is 0 Å². The van der Waals surface area contributed by atoms with Crippen LogP contribution in [0.4, 0.5) is 0 Å². The standard InChI is InChI=1S/C18H25N5OS.HI/c1-13-16(25-14(2)23-13)12-22-18(19-3)21-11-7-10-20-17(24)15-8-5-4-6-9-15;/h4-6,8-9H,7,10-12H2,1-3H3,(H,20,24)(H2,19,21,22);1H. The molecule has 26 heavy (non-hydrogen) atoms. The molecule has 0 unspecified atom stereocenters. The van der Waals surface area contributed by atoms with Crippen molar-refractivity contribution in [3.05, 3.63) is 51.5 Å². The van der Waals surface area contributed by atoms with Crippen molar-refractivity contribution in [2.45, 2.75) is 26.8 Å². The average Bonchev–Trinajstić information content (AvgIpc) is 2.95. The Morgan fingerprint density at radius 1 is 1.12 bits per heavy atom. The molecule has 1 aromatic carbocycles. The van der Waals surface area contributed by atoms with Crippen LogP contribution in [0.3, 0.4) is 0 Å². The molecule has 0 aliphatic rings. The Bertz CT molecular complexity index is 718. The van der Waals surface area contributed by atoms with Gasteiger partial charge in [0.1, 0.15) is 0 Å². The molecule has 0 fully saturated rings. The minimum atomic E-state index is -0.0425. The van der Waals surface area contributed by atoms with Gasteiger partial charge in [-0.1, -0.05) is 18.2 Å². The van der Waals surface area contributed by atoms with Crippen LogP contribution in [0.5, 0.6) is 0 Å². The van der Waals surface area contributed by atoms with Crippen molar-refractivity contribution in [3.63, 3.8) is 0 Å². The lowest BCUT2D eigenvalue weighted by molar-refractivity contribution is 0.0953. The molecule has 1 heterocycles. The van der Waals surface area contributed by atoms with E-state index >= 15 is 0 Å². The highest BCUT2D eigenvalue weighted by Gasteiger charge is 2.06. The molecule has 0 spiro atoms.